The largest absolute Gasteiger partial charge is 0.299 e. The van der Waals surface area contributed by atoms with Crippen molar-refractivity contribution >= 4 is 0 Å². The number of halogens is 1. The first-order valence-electron chi connectivity index (χ1n) is 1.24. The van der Waals surface area contributed by atoms with Crippen molar-refractivity contribution in [2.45, 2.75) is 0 Å². The summed E-state index contributed by atoms with van der Waals surface area (Å²) >= 11 is 0. The van der Waals surface area contributed by atoms with Crippen molar-refractivity contribution in [1.82, 2.24) is 0 Å². The van der Waals surface area contributed by atoms with E-state index in [1.165, 1.54) is 0 Å². The Morgan fingerprint density at radius 3 is 2.40 bits per heavy atom. The van der Waals surface area contributed by atoms with Gasteiger partial charge < -0.3 is 0 Å². The summed E-state index contributed by atoms with van der Waals surface area (Å²) in [7, 11) is 0. The predicted molar refractivity (Wildman–Crippen MR) is 15.8 cm³/mol. The summed E-state index contributed by atoms with van der Waals surface area (Å²) < 4.78 is 10.7. The molecule has 0 bridgehead atoms. The van der Waals surface area contributed by atoms with Gasteiger partial charge in [-0.1, -0.05) is 0 Å². The quantitative estimate of drug-likeness (QED) is 0.413. The van der Waals surface area contributed by atoms with Gasteiger partial charge in [-0.05, 0) is 6.08 Å². The van der Waals surface area contributed by atoms with Gasteiger partial charge in [0.15, 0.2) is 0 Å². The van der Waals surface area contributed by atoms with Crippen LogP contribution in [-0.4, -0.2) is 6.67 Å². The van der Waals surface area contributed by atoms with E-state index in [2.05, 4.69) is 0 Å². The van der Waals surface area contributed by atoms with Crippen LogP contribution < -0.4 is 0 Å². The second-order valence-electron chi connectivity index (χ2n) is 0.526. The Bertz CT molecular complexity index is 33.9. The summed E-state index contributed by atoms with van der Waals surface area (Å²) in [6.07, 6.45) is 1.33. The van der Waals surface area contributed by atoms with Gasteiger partial charge >= 0.3 is 0 Å². The normalized spacial score (nSPS) is 9.80. The van der Waals surface area contributed by atoms with Crippen molar-refractivity contribution in [3.8, 4) is 0 Å². The molecule has 0 spiro atoms. The Balaban J connectivity index is 2.62. The molecule has 0 aliphatic heterocycles. The van der Waals surface area contributed by atoms with Gasteiger partial charge in [-0.25, -0.2) is 4.39 Å². The number of alkyl halides is 1. The maximum atomic E-state index is 10.7. The lowest BCUT2D eigenvalue weighted by atomic mass is 10.7. The summed E-state index contributed by atoms with van der Waals surface area (Å²) in [5.74, 6) is 0. The number of hydrogen-bond donors (Lipinski definition) is 0. The highest BCUT2D eigenvalue weighted by molar-refractivity contribution is 4.67. The minimum Gasteiger partial charge on any atom is -0.299 e. The molecular weight excluding hydrogens is 71.0 g/mol. The topological polar surface area (TPSA) is 19.9 Å². The third-order valence-corrected chi connectivity index (χ3v) is 0.185. The standard InChI is InChI=1S/C3H4FO/c4-2-1-3-5/h1,3H,2H2. The van der Waals surface area contributed by atoms with Crippen molar-refractivity contribution < 1.29 is 9.50 Å². The zero-order valence-corrected chi connectivity index (χ0v) is 2.65. The van der Waals surface area contributed by atoms with E-state index in [0.29, 0.717) is 6.26 Å². The molecule has 0 aliphatic rings. The van der Waals surface area contributed by atoms with Gasteiger partial charge in [0.25, 0.3) is 0 Å². The fourth-order valence-corrected chi connectivity index (χ4v) is 0.0364. The molecule has 0 saturated heterocycles. The molecule has 0 aromatic heterocycles. The molecule has 5 heavy (non-hydrogen) atoms. The van der Waals surface area contributed by atoms with Gasteiger partial charge in [0.1, 0.15) is 12.9 Å². The van der Waals surface area contributed by atoms with Crippen molar-refractivity contribution in [1.29, 1.82) is 0 Å². The molecule has 0 rings (SSSR count). The molecular formula is C3H4FO. The molecule has 0 N–H and O–H groups in total. The lowest BCUT2D eigenvalue weighted by Crippen LogP contribution is -1.54. The molecule has 1 nitrogen and oxygen atoms in total. The van der Waals surface area contributed by atoms with Gasteiger partial charge in [0, 0.05) is 0 Å². The smallest absolute Gasteiger partial charge is 0.141 e. The summed E-state index contributed by atoms with van der Waals surface area (Å²) in [5, 5.41) is 9.11. The van der Waals surface area contributed by atoms with Gasteiger partial charge in [0.2, 0.25) is 0 Å². The van der Waals surface area contributed by atoms with E-state index >= 15 is 0 Å². The zero-order chi connectivity index (χ0) is 4.12. The van der Waals surface area contributed by atoms with E-state index in [-0.39, 0.29) is 0 Å². The minimum atomic E-state index is -0.649. The number of allylic oxidation sites excluding steroid dienone is 1. The first kappa shape index (κ1) is 4.47. The van der Waals surface area contributed by atoms with E-state index < -0.39 is 6.67 Å². The van der Waals surface area contributed by atoms with Crippen LogP contribution in [0, 0.1) is 0 Å². The Morgan fingerprint density at radius 1 is 1.80 bits per heavy atom. The van der Waals surface area contributed by atoms with Crippen molar-refractivity contribution in [2.75, 3.05) is 6.67 Å². The molecule has 0 saturated carbocycles. The van der Waals surface area contributed by atoms with Crippen LogP contribution in [0.25, 0.3) is 0 Å². The van der Waals surface area contributed by atoms with E-state index in [9.17, 15) is 4.39 Å². The highest BCUT2D eigenvalue weighted by Crippen LogP contribution is 1.65. The molecule has 29 valence electrons. The zero-order valence-electron chi connectivity index (χ0n) is 2.65. The van der Waals surface area contributed by atoms with Crippen LogP contribution in [0.5, 0.6) is 0 Å². The van der Waals surface area contributed by atoms with E-state index in [1.807, 2.05) is 0 Å². The minimum absolute atomic E-state index is 0.431. The van der Waals surface area contributed by atoms with E-state index in [0.717, 1.165) is 6.08 Å². The maximum Gasteiger partial charge on any atom is 0.141 e. The molecule has 0 fully saturated rings. The second kappa shape index (κ2) is 3.47. The predicted octanol–water partition coefficient (Wildman–Crippen LogP) is 0.900. The highest BCUT2D eigenvalue weighted by atomic mass is 19.1. The third kappa shape index (κ3) is 3.47. The summed E-state index contributed by atoms with van der Waals surface area (Å²) in [5.41, 5.74) is 0. The molecule has 0 aromatic rings. The lowest BCUT2D eigenvalue weighted by molar-refractivity contribution is 0.347. The second-order valence-corrected chi connectivity index (χ2v) is 0.526. The molecule has 2 heteroatoms. The summed E-state index contributed by atoms with van der Waals surface area (Å²) in [4.78, 5) is 0. The van der Waals surface area contributed by atoms with Crippen LogP contribution in [-0.2, 0) is 5.11 Å². The SMILES string of the molecule is [O]C=CCF. The molecule has 0 aliphatic carbocycles. The van der Waals surface area contributed by atoms with Crippen molar-refractivity contribution in [3.05, 3.63) is 12.3 Å². The fourth-order valence-electron chi connectivity index (χ4n) is 0.0364. The third-order valence-electron chi connectivity index (χ3n) is 0.185. The van der Waals surface area contributed by atoms with E-state index in [1.54, 1.807) is 0 Å². The highest BCUT2D eigenvalue weighted by Gasteiger charge is 1.59. The lowest BCUT2D eigenvalue weighted by Gasteiger charge is -1.59. The van der Waals surface area contributed by atoms with Crippen molar-refractivity contribution in [3.63, 3.8) is 0 Å². The summed E-state index contributed by atoms with van der Waals surface area (Å²) in [6, 6.07) is 0. The molecule has 0 heterocycles. The molecule has 0 aromatic carbocycles. The van der Waals surface area contributed by atoms with Gasteiger partial charge in [0.05, 0.1) is 0 Å². The number of hydrogen-bond acceptors (Lipinski definition) is 0. The Kier molecular flexibility index (Phi) is 3.10. The van der Waals surface area contributed by atoms with Gasteiger partial charge in [-0.15, -0.1) is 0 Å². The molecule has 0 atom stereocenters. The molecule has 0 unspecified atom stereocenters. The van der Waals surface area contributed by atoms with Crippen LogP contribution in [0.1, 0.15) is 0 Å². The van der Waals surface area contributed by atoms with Gasteiger partial charge in [-0.2, -0.15) is 0 Å². The van der Waals surface area contributed by atoms with Crippen LogP contribution >= 0.6 is 0 Å². The Morgan fingerprint density at radius 2 is 2.40 bits per heavy atom. The van der Waals surface area contributed by atoms with E-state index in [4.69, 9.17) is 5.11 Å². The first-order valence-corrected chi connectivity index (χ1v) is 1.24. The summed E-state index contributed by atoms with van der Waals surface area (Å²) in [6.45, 7) is -0.649. The van der Waals surface area contributed by atoms with Crippen LogP contribution in [0.4, 0.5) is 4.39 Å². The number of rotatable bonds is 1. The van der Waals surface area contributed by atoms with Crippen LogP contribution in [0.2, 0.25) is 0 Å². The Labute approximate surface area is 29.7 Å². The van der Waals surface area contributed by atoms with Crippen LogP contribution in [0.15, 0.2) is 12.3 Å². The maximum absolute atomic E-state index is 10.7. The fraction of sp³-hybridized carbons (Fsp3) is 0.333. The first-order chi connectivity index (χ1) is 2.41. The van der Waals surface area contributed by atoms with Crippen molar-refractivity contribution in [2.24, 2.45) is 0 Å². The molecule has 0 amide bonds. The monoisotopic (exact) mass is 75.0 g/mol. The van der Waals surface area contributed by atoms with Gasteiger partial charge in [-0.3, -0.25) is 5.11 Å². The Hall–Kier alpha value is -0.530. The average Bonchev–Trinajstić information content (AvgIpc) is 1.41. The average molecular weight is 75.1 g/mol. The van der Waals surface area contributed by atoms with Crippen LogP contribution in [0.3, 0.4) is 0 Å². The molecule has 1 radical (unpaired) electrons.